The highest BCUT2D eigenvalue weighted by Gasteiger charge is 2.36. The molecule has 0 spiro atoms. The molecule has 1 fully saturated rings. The van der Waals surface area contributed by atoms with Gasteiger partial charge in [-0.2, -0.15) is 0 Å². The number of ether oxygens (including phenoxy) is 2. The first kappa shape index (κ1) is 20.4. The van der Waals surface area contributed by atoms with Crippen molar-refractivity contribution in [2.75, 3.05) is 19.7 Å². The molecule has 0 bridgehead atoms. The molecule has 0 aromatic heterocycles. The molecular formula is C24H28BrNO3. The highest BCUT2D eigenvalue weighted by molar-refractivity contribution is 9.10. The lowest BCUT2D eigenvalue weighted by Crippen LogP contribution is -2.32. The smallest absolute Gasteiger partial charge is 0.310 e. The molecule has 0 radical (unpaired) electrons. The van der Waals surface area contributed by atoms with Gasteiger partial charge in [-0.05, 0) is 62.2 Å². The van der Waals surface area contributed by atoms with Crippen LogP contribution in [0, 0.1) is 0 Å². The molecule has 2 unspecified atom stereocenters. The van der Waals surface area contributed by atoms with E-state index in [1.165, 1.54) is 30.4 Å². The average Bonchev–Trinajstić information content (AvgIpc) is 3.08. The number of nitrogens with zero attached hydrogens (tertiary/aromatic N) is 1. The summed E-state index contributed by atoms with van der Waals surface area (Å²) in [6.07, 6.45) is 5.04. The minimum atomic E-state index is -0.218. The molecule has 1 saturated heterocycles. The van der Waals surface area contributed by atoms with Crippen molar-refractivity contribution >= 4 is 21.9 Å². The van der Waals surface area contributed by atoms with Crippen molar-refractivity contribution in [2.45, 2.75) is 51.2 Å². The first-order valence-electron chi connectivity index (χ1n) is 10.6. The quantitative estimate of drug-likeness (QED) is 0.528. The molecule has 2 aromatic carbocycles. The molecule has 4 nitrogen and oxygen atoms in total. The number of fused-ring (bicyclic) bond motifs is 1. The van der Waals surface area contributed by atoms with E-state index in [9.17, 15) is 4.79 Å². The van der Waals surface area contributed by atoms with E-state index in [1.807, 2.05) is 31.2 Å². The van der Waals surface area contributed by atoms with Gasteiger partial charge in [0.2, 0.25) is 0 Å². The predicted octanol–water partition coefficient (Wildman–Crippen LogP) is 5.61. The molecule has 2 atom stereocenters. The Morgan fingerprint density at radius 1 is 1.10 bits per heavy atom. The Hall–Kier alpha value is -1.85. The van der Waals surface area contributed by atoms with Crippen molar-refractivity contribution < 1.29 is 14.3 Å². The zero-order chi connectivity index (χ0) is 20.2. The van der Waals surface area contributed by atoms with Crippen molar-refractivity contribution in [1.82, 2.24) is 4.90 Å². The highest BCUT2D eigenvalue weighted by Crippen LogP contribution is 2.46. The lowest BCUT2D eigenvalue weighted by molar-refractivity contribution is -0.142. The number of hydrogen-bond donors (Lipinski definition) is 0. The van der Waals surface area contributed by atoms with Crippen LogP contribution >= 0.6 is 15.9 Å². The molecule has 0 N–H and O–H groups in total. The van der Waals surface area contributed by atoms with E-state index in [-0.39, 0.29) is 18.5 Å². The molecular weight excluding hydrogens is 430 g/mol. The van der Waals surface area contributed by atoms with Crippen LogP contribution in [-0.2, 0) is 16.0 Å². The van der Waals surface area contributed by atoms with E-state index in [0.29, 0.717) is 12.6 Å². The maximum absolute atomic E-state index is 12.0. The number of para-hydroxylation sites is 1. The molecule has 0 saturated carbocycles. The van der Waals surface area contributed by atoms with Gasteiger partial charge in [0.1, 0.15) is 11.9 Å². The maximum Gasteiger partial charge on any atom is 0.310 e. The van der Waals surface area contributed by atoms with Crippen LogP contribution in [0.4, 0.5) is 0 Å². The van der Waals surface area contributed by atoms with Crippen molar-refractivity contribution in [3.63, 3.8) is 0 Å². The summed E-state index contributed by atoms with van der Waals surface area (Å²) in [6.45, 7) is 4.54. The number of likely N-dealkylation sites (tertiary alicyclic amines) is 1. The number of piperidine rings is 1. The second-order valence-corrected chi connectivity index (χ2v) is 8.73. The van der Waals surface area contributed by atoms with Crippen LogP contribution in [0.2, 0.25) is 0 Å². The summed E-state index contributed by atoms with van der Waals surface area (Å²) < 4.78 is 12.7. The number of carbonyl (C=O) groups excluding carboxylic acids is 1. The number of esters is 1. The van der Waals surface area contributed by atoms with Gasteiger partial charge in [0.05, 0.1) is 13.0 Å². The van der Waals surface area contributed by atoms with E-state index < -0.39 is 0 Å². The van der Waals surface area contributed by atoms with E-state index in [1.54, 1.807) is 0 Å². The maximum atomic E-state index is 12.0. The van der Waals surface area contributed by atoms with Crippen molar-refractivity contribution in [3.8, 4) is 5.75 Å². The third-order valence-corrected chi connectivity index (χ3v) is 6.40. The second-order valence-electron chi connectivity index (χ2n) is 7.82. The Kier molecular flexibility index (Phi) is 6.56. The van der Waals surface area contributed by atoms with Crippen LogP contribution in [0.5, 0.6) is 5.75 Å². The Balaban J connectivity index is 1.58. The summed E-state index contributed by atoms with van der Waals surface area (Å²) in [5, 5.41) is 0. The topological polar surface area (TPSA) is 38.8 Å². The summed E-state index contributed by atoms with van der Waals surface area (Å²) in [6, 6.07) is 14.8. The third-order valence-electron chi connectivity index (χ3n) is 5.91. The Bertz CT molecular complexity index is 863. The molecule has 5 heteroatoms. The molecule has 2 aromatic rings. The first-order valence-corrected chi connectivity index (χ1v) is 11.4. The molecule has 154 valence electrons. The third kappa shape index (κ3) is 4.67. The zero-order valence-corrected chi connectivity index (χ0v) is 18.5. The molecule has 0 amide bonds. The first-order chi connectivity index (χ1) is 14.2. The van der Waals surface area contributed by atoms with E-state index in [0.717, 1.165) is 35.3 Å². The molecule has 1 aliphatic carbocycles. The van der Waals surface area contributed by atoms with E-state index >= 15 is 0 Å². The SMILES string of the molecule is CCOC(=O)Cc1ccccc1OC1CC(N2CCCCC2)c2ccc(Br)cc21. The molecule has 1 heterocycles. The van der Waals surface area contributed by atoms with Crippen molar-refractivity contribution in [1.29, 1.82) is 0 Å². The van der Waals surface area contributed by atoms with Crippen molar-refractivity contribution in [2.24, 2.45) is 0 Å². The molecule has 1 aliphatic heterocycles. The molecule has 29 heavy (non-hydrogen) atoms. The van der Waals surface area contributed by atoms with E-state index in [2.05, 4.69) is 39.0 Å². The van der Waals surface area contributed by atoms with Gasteiger partial charge < -0.3 is 9.47 Å². The van der Waals surface area contributed by atoms with Gasteiger partial charge in [-0.1, -0.05) is 46.6 Å². The average molecular weight is 458 g/mol. The van der Waals surface area contributed by atoms with E-state index in [4.69, 9.17) is 9.47 Å². The van der Waals surface area contributed by atoms with Gasteiger partial charge in [-0.25, -0.2) is 0 Å². The van der Waals surface area contributed by atoms with Crippen LogP contribution in [0.3, 0.4) is 0 Å². The van der Waals surface area contributed by atoms with Gasteiger partial charge in [-0.15, -0.1) is 0 Å². The van der Waals surface area contributed by atoms with Gasteiger partial charge in [-0.3, -0.25) is 9.69 Å². The van der Waals surface area contributed by atoms with Crippen LogP contribution in [0.1, 0.15) is 61.4 Å². The van der Waals surface area contributed by atoms with Gasteiger partial charge in [0.15, 0.2) is 0 Å². The normalized spacial score (nSPS) is 21.6. The van der Waals surface area contributed by atoms with Crippen LogP contribution in [-0.4, -0.2) is 30.6 Å². The lowest BCUT2D eigenvalue weighted by Gasteiger charge is -2.32. The van der Waals surface area contributed by atoms with Crippen LogP contribution < -0.4 is 4.74 Å². The largest absolute Gasteiger partial charge is 0.485 e. The number of hydrogen-bond acceptors (Lipinski definition) is 4. The standard InChI is InChI=1S/C24H28BrNO3/c1-2-28-24(27)14-17-8-4-5-9-22(17)29-23-16-21(26-12-6-3-7-13-26)19-11-10-18(25)15-20(19)23/h4-5,8-11,15,21,23H,2-3,6-7,12-14,16H2,1H3. The number of halogens is 1. The molecule has 2 aliphatic rings. The number of benzene rings is 2. The summed E-state index contributed by atoms with van der Waals surface area (Å²) in [7, 11) is 0. The lowest BCUT2D eigenvalue weighted by atomic mass is 10.0. The predicted molar refractivity (Wildman–Crippen MR) is 117 cm³/mol. The Morgan fingerprint density at radius 2 is 1.90 bits per heavy atom. The fraction of sp³-hybridized carbons (Fsp3) is 0.458. The van der Waals surface area contributed by atoms with Crippen LogP contribution in [0.15, 0.2) is 46.9 Å². The Morgan fingerprint density at radius 3 is 2.69 bits per heavy atom. The summed E-state index contributed by atoms with van der Waals surface area (Å²) >= 11 is 3.63. The minimum Gasteiger partial charge on any atom is -0.485 e. The van der Waals surface area contributed by atoms with Gasteiger partial charge >= 0.3 is 5.97 Å². The summed E-state index contributed by atoms with van der Waals surface area (Å²) in [4.78, 5) is 14.6. The molecule has 4 rings (SSSR count). The summed E-state index contributed by atoms with van der Waals surface area (Å²) in [5.74, 6) is 0.556. The monoisotopic (exact) mass is 457 g/mol. The summed E-state index contributed by atoms with van der Waals surface area (Å²) in [5.41, 5.74) is 3.51. The van der Waals surface area contributed by atoms with Crippen molar-refractivity contribution in [3.05, 3.63) is 63.6 Å². The Labute approximate surface area is 181 Å². The number of carbonyl (C=O) groups is 1. The minimum absolute atomic E-state index is 0.0160. The number of rotatable bonds is 6. The zero-order valence-electron chi connectivity index (χ0n) is 16.9. The van der Waals surface area contributed by atoms with Crippen LogP contribution in [0.25, 0.3) is 0 Å². The fourth-order valence-corrected chi connectivity index (χ4v) is 4.94. The van der Waals surface area contributed by atoms with Gasteiger partial charge in [0.25, 0.3) is 0 Å². The second kappa shape index (κ2) is 9.31. The highest BCUT2D eigenvalue weighted by atomic mass is 79.9. The van der Waals surface area contributed by atoms with Gasteiger partial charge in [0, 0.05) is 22.5 Å². The fourth-order valence-electron chi connectivity index (χ4n) is 4.56.